The van der Waals surface area contributed by atoms with E-state index in [1.165, 1.54) is 11.3 Å². The van der Waals surface area contributed by atoms with Crippen LogP contribution in [0.25, 0.3) is 22.2 Å². The van der Waals surface area contributed by atoms with E-state index in [2.05, 4.69) is 32.1 Å². The number of carbonyl (C=O) groups excluding carboxylic acids is 1. The summed E-state index contributed by atoms with van der Waals surface area (Å²) in [5.74, 6) is 1.14. The molecule has 7 heteroatoms. The molecule has 1 N–H and O–H groups in total. The van der Waals surface area contributed by atoms with Crippen molar-refractivity contribution in [3.8, 4) is 22.8 Å². The first kappa shape index (κ1) is 22.7. The number of aromatic nitrogens is 2. The minimum atomic E-state index is -0.252. The van der Waals surface area contributed by atoms with E-state index in [1.54, 1.807) is 26.4 Å². The number of amides is 1. The molecule has 2 aromatic heterocycles. The van der Waals surface area contributed by atoms with Crippen LogP contribution in [0.4, 0.5) is 0 Å². The molecule has 0 saturated heterocycles. The zero-order chi connectivity index (χ0) is 24.2. The Morgan fingerprint density at radius 1 is 0.971 bits per heavy atom. The number of rotatable bonds is 7. The van der Waals surface area contributed by atoms with Crippen molar-refractivity contribution >= 4 is 28.1 Å². The van der Waals surface area contributed by atoms with Gasteiger partial charge in [0.15, 0.2) is 16.3 Å². The van der Waals surface area contributed by atoms with E-state index in [4.69, 9.17) is 9.47 Å². The largest absolute Gasteiger partial charge is 0.493 e. The molecule has 5 rings (SSSR count). The zero-order valence-corrected chi connectivity index (χ0v) is 20.3. The second-order valence-electron chi connectivity index (χ2n) is 8.03. The van der Waals surface area contributed by atoms with Gasteiger partial charge in [-0.15, -0.1) is 11.3 Å². The van der Waals surface area contributed by atoms with Crippen molar-refractivity contribution in [2.45, 2.75) is 13.0 Å². The Bertz CT molecular complexity index is 1550. The van der Waals surface area contributed by atoms with Gasteiger partial charge in [0.2, 0.25) is 0 Å². The molecule has 35 heavy (non-hydrogen) atoms. The number of para-hydroxylation sites is 1. The highest BCUT2D eigenvalue weighted by atomic mass is 32.1. The van der Waals surface area contributed by atoms with Crippen LogP contribution in [0.2, 0.25) is 0 Å². The monoisotopic (exact) mass is 483 g/mol. The zero-order valence-electron chi connectivity index (χ0n) is 19.5. The summed E-state index contributed by atoms with van der Waals surface area (Å²) in [6.07, 6.45) is 2.75. The summed E-state index contributed by atoms with van der Waals surface area (Å²) in [7, 11) is 3.26. The first-order valence-electron chi connectivity index (χ1n) is 11.3. The molecule has 3 aromatic carbocycles. The summed E-state index contributed by atoms with van der Waals surface area (Å²) in [5.41, 5.74) is 4.84. The third kappa shape index (κ3) is 4.63. The van der Waals surface area contributed by atoms with Gasteiger partial charge in [-0.2, -0.15) is 4.99 Å². The lowest BCUT2D eigenvalue weighted by atomic mass is 10.1. The standard InChI is InChI=1S/C28H25N3O3S/c1-33-25-13-12-19(16-26(25)34-2)14-15-31-24(22-17-29-23-11-7-6-10-21(22)23)18-35-28(31)30-27(32)20-8-4-3-5-9-20/h3-13,16-18,29H,14-15H2,1-2H3. The van der Waals surface area contributed by atoms with Crippen molar-refractivity contribution < 1.29 is 14.3 Å². The van der Waals surface area contributed by atoms with Gasteiger partial charge in [0.1, 0.15) is 0 Å². The quantitative estimate of drug-likeness (QED) is 0.323. The minimum Gasteiger partial charge on any atom is -0.493 e. The Hall–Kier alpha value is -4.10. The summed E-state index contributed by atoms with van der Waals surface area (Å²) in [4.78, 5) is 21.4. The van der Waals surface area contributed by atoms with Crippen molar-refractivity contribution in [2.24, 2.45) is 4.99 Å². The van der Waals surface area contributed by atoms with E-state index in [9.17, 15) is 4.79 Å². The molecule has 0 aliphatic rings. The van der Waals surface area contributed by atoms with Gasteiger partial charge in [0, 0.05) is 40.2 Å². The molecular formula is C28H25N3O3S. The maximum Gasteiger partial charge on any atom is 0.279 e. The number of hydrogen-bond acceptors (Lipinski definition) is 4. The van der Waals surface area contributed by atoms with Crippen LogP contribution >= 0.6 is 11.3 Å². The number of hydrogen-bond donors (Lipinski definition) is 1. The third-order valence-corrected chi connectivity index (χ3v) is 6.82. The molecule has 6 nitrogen and oxygen atoms in total. The van der Waals surface area contributed by atoms with E-state index < -0.39 is 0 Å². The van der Waals surface area contributed by atoms with Crippen LogP contribution in [-0.2, 0) is 13.0 Å². The number of benzene rings is 3. The Balaban J connectivity index is 1.56. The van der Waals surface area contributed by atoms with Crippen LogP contribution in [0.15, 0.2) is 89.4 Å². The van der Waals surface area contributed by atoms with Gasteiger partial charge in [-0.1, -0.05) is 42.5 Å². The third-order valence-electron chi connectivity index (χ3n) is 5.95. The normalized spacial score (nSPS) is 11.7. The van der Waals surface area contributed by atoms with Crippen molar-refractivity contribution in [1.82, 2.24) is 9.55 Å². The second-order valence-corrected chi connectivity index (χ2v) is 8.86. The second kappa shape index (κ2) is 10.0. The highest BCUT2D eigenvalue weighted by molar-refractivity contribution is 7.07. The van der Waals surface area contributed by atoms with Gasteiger partial charge >= 0.3 is 0 Å². The maximum absolute atomic E-state index is 12.9. The highest BCUT2D eigenvalue weighted by Crippen LogP contribution is 2.30. The lowest BCUT2D eigenvalue weighted by Gasteiger charge is -2.12. The summed E-state index contributed by atoms with van der Waals surface area (Å²) in [5, 5.41) is 3.20. The highest BCUT2D eigenvalue weighted by Gasteiger charge is 2.14. The van der Waals surface area contributed by atoms with Gasteiger partial charge in [-0.25, -0.2) is 0 Å². The van der Waals surface area contributed by atoms with Crippen LogP contribution in [0, 0.1) is 0 Å². The number of nitrogens with zero attached hydrogens (tertiary/aromatic N) is 2. The molecule has 0 radical (unpaired) electrons. The number of nitrogens with one attached hydrogen (secondary N) is 1. The van der Waals surface area contributed by atoms with Crippen LogP contribution < -0.4 is 14.3 Å². The van der Waals surface area contributed by atoms with Crippen molar-refractivity contribution in [3.05, 3.63) is 100 Å². The summed E-state index contributed by atoms with van der Waals surface area (Å²) >= 11 is 1.47. The van der Waals surface area contributed by atoms with Crippen molar-refractivity contribution in [3.63, 3.8) is 0 Å². The number of H-pyrrole nitrogens is 1. The van der Waals surface area contributed by atoms with E-state index >= 15 is 0 Å². The van der Waals surface area contributed by atoms with Gasteiger partial charge < -0.3 is 19.0 Å². The fourth-order valence-corrected chi connectivity index (χ4v) is 5.07. The molecule has 1 amide bonds. The Morgan fingerprint density at radius 2 is 1.74 bits per heavy atom. The van der Waals surface area contributed by atoms with Crippen molar-refractivity contribution in [2.75, 3.05) is 14.2 Å². The summed E-state index contributed by atoms with van der Waals surface area (Å²) in [6, 6.07) is 23.3. The number of aromatic amines is 1. The number of carbonyl (C=O) groups is 1. The topological polar surface area (TPSA) is 68.6 Å². The first-order chi connectivity index (χ1) is 17.2. The van der Waals surface area contributed by atoms with Crippen LogP contribution in [-0.4, -0.2) is 29.7 Å². The van der Waals surface area contributed by atoms with Gasteiger partial charge in [-0.05, 0) is 42.3 Å². The molecule has 2 heterocycles. The average molecular weight is 484 g/mol. The van der Waals surface area contributed by atoms with Crippen LogP contribution in [0.5, 0.6) is 11.5 Å². The van der Waals surface area contributed by atoms with Gasteiger partial charge in [-0.3, -0.25) is 4.79 Å². The van der Waals surface area contributed by atoms with E-state index in [-0.39, 0.29) is 5.91 Å². The smallest absolute Gasteiger partial charge is 0.279 e. The first-order valence-corrected chi connectivity index (χ1v) is 12.2. The molecule has 5 aromatic rings. The van der Waals surface area contributed by atoms with E-state index in [0.717, 1.165) is 34.1 Å². The summed E-state index contributed by atoms with van der Waals surface area (Å²) in [6.45, 7) is 0.648. The molecule has 0 aliphatic heterocycles. The SMILES string of the molecule is COc1ccc(CCn2c(-c3c[nH]c4ccccc34)csc2=NC(=O)c2ccccc2)cc1OC. The number of aryl methyl sites for hydroxylation is 1. The lowest BCUT2D eigenvalue weighted by Crippen LogP contribution is -2.19. The van der Waals surface area contributed by atoms with Crippen LogP contribution in [0.3, 0.4) is 0 Å². The van der Waals surface area contributed by atoms with E-state index in [1.807, 2.05) is 54.7 Å². The molecular weight excluding hydrogens is 458 g/mol. The molecule has 0 atom stereocenters. The molecule has 0 saturated carbocycles. The number of methoxy groups -OCH3 is 2. The molecule has 0 aliphatic carbocycles. The minimum absolute atomic E-state index is 0.252. The van der Waals surface area contributed by atoms with Crippen LogP contribution in [0.1, 0.15) is 15.9 Å². The van der Waals surface area contributed by atoms with Crippen molar-refractivity contribution in [1.29, 1.82) is 0 Å². The lowest BCUT2D eigenvalue weighted by molar-refractivity contribution is 0.0998. The fraction of sp³-hybridized carbons (Fsp3) is 0.143. The molecule has 0 fully saturated rings. The van der Waals surface area contributed by atoms with E-state index in [0.29, 0.717) is 28.4 Å². The number of ether oxygens (including phenoxy) is 2. The Morgan fingerprint density at radius 3 is 2.54 bits per heavy atom. The molecule has 0 bridgehead atoms. The van der Waals surface area contributed by atoms with Gasteiger partial charge in [0.05, 0.1) is 19.9 Å². The Labute approximate surface area is 207 Å². The average Bonchev–Trinajstić information content (AvgIpc) is 3.51. The molecule has 0 spiro atoms. The predicted octanol–water partition coefficient (Wildman–Crippen LogP) is 5.70. The molecule has 176 valence electrons. The fourth-order valence-electron chi connectivity index (χ4n) is 4.14. The molecule has 0 unspecified atom stereocenters. The predicted molar refractivity (Wildman–Crippen MR) is 139 cm³/mol. The maximum atomic E-state index is 12.9. The Kier molecular flexibility index (Phi) is 6.50. The van der Waals surface area contributed by atoms with Gasteiger partial charge in [0.25, 0.3) is 5.91 Å². The number of thiazole rings is 1. The number of fused-ring (bicyclic) bond motifs is 1. The summed E-state index contributed by atoms with van der Waals surface area (Å²) < 4.78 is 13.0.